The molecule has 3 unspecified atom stereocenters. The van der Waals surface area contributed by atoms with Gasteiger partial charge in [-0.2, -0.15) is 0 Å². The van der Waals surface area contributed by atoms with E-state index in [0.29, 0.717) is 12.7 Å². The molecule has 132 valence electrons. The number of hydrogen-bond donors (Lipinski definition) is 2. The van der Waals surface area contributed by atoms with Crippen molar-refractivity contribution in [2.75, 3.05) is 13.2 Å². The Morgan fingerprint density at radius 1 is 1.29 bits per heavy atom. The van der Waals surface area contributed by atoms with Crippen molar-refractivity contribution in [3.8, 4) is 5.75 Å². The Morgan fingerprint density at radius 3 is 2.71 bits per heavy atom. The van der Waals surface area contributed by atoms with Crippen LogP contribution >= 0.6 is 0 Å². The Labute approximate surface area is 144 Å². The summed E-state index contributed by atoms with van der Waals surface area (Å²) in [6.07, 6.45) is 4.73. The summed E-state index contributed by atoms with van der Waals surface area (Å²) >= 11 is 0. The van der Waals surface area contributed by atoms with Crippen molar-refractivity contribution in [1.29, 1.82) is 0 Å². The molecule has 3 rings (SSSR count). The first-order chi connectivity index (χ1) is 11.7. The molecule has 5 heteroatoms. The van der Waals surface area contributed by atoms with Gasteiger partial charge in [0.2, 0.25) is 0 Å². The van der Waals surface area contributed by atoms with Crippen molar-refractivity contribution < 1.29 is 14.3 Å². The fourth-order valence-electron chi connectivity index (χ4n) is 3.28. The van der Waals surface area contributed by atoms with Crippen molar-refractivity contribution in [2.45, 2.75) is 57.7 Å². The van der Waals surface area contributed by atoms with Gasteiger partial charge < -0.3 is 20.1 Å². The lowest BCUT2D eigenvalue weighted by Gasteiger charge is -2.30. The minimum atomic E-state index is -0.0992. The van der Waals surface area contributed by atoms with E-state index in [1.807, 2.05) is 38.1 Å². The van der Waals surface area contributed by atoms with Gasteiger partial charge in [0.25, 0.3) is 0 Å². The lowest BCUT2D eigenvalue weighted by molar-refractivity contribution is -0.00917. The lowest BCUT2D eigenvalue weighted by Crippen LogP contribution is -2.47. The molecule has 0 radical (unpaired) electrons. The highest BCUT2D eigenvalue weighted by atomic mass is 16.5. The molecule has 1 heterocycles. The summed E-state index contributed by atoms with van der Waals surface area (Å²) in [6, 6.07) is 7.94. The number of hydrogen-bond acceptors (Lipinski definition) is 3. The molecular formula is C19H28N2O3. The predicted octanol–water partition coefficient (Wildman–Crippen LogP) is 3.40. The van der Waals surface area contributed by atoms with Crippen molar-refractivity contribution in [1.82, 2.24) is 10.6 Å². The Kier molecular flexibility index (Phi) is 5.61. The smallest absolute Gasteiger partial charge is 0.315 e. The third-order valence-corrected chi connectivity index (χ3v) is 4.84. The second-order valence-electron chi connectivity index (χ2n) is 6.81. The first kappa shape index (κ1) is 17.1. The van der Waals surface area contributed by atoms with Crippen molar-refractivity contribution >= 4 is 6.03 Å². The molecule has 3 atom stereocenters. The van der Waals surface area contributed by atoms with Crippen LogP contribution in [0.2, 0.25) is 0 Å². The Bertz CT molecular complexity index is 542. The highest BCUT2D eigenvalue weighted by molar-refractivity contribution is 5.74. The second-order valence-corrected chi connectivity index (χ2v) is 6.81. The van der Waals surface area contributed by atoms with Crippen LogP contribution in [0, 0.1) is 5.92 Å². The van der Waals surface area contributed by atoms with Crippen LogP contribution in [-0.4, -0.2) is 31.4 Å². The molecule has 2 aliphatic rings. The van der Waals surface area contributed by atoms with Crippen LogP contribution < -0.4 is 15.4 Å². The first-order valence-corrected chi connectivity index (χ1v) is 9.07. The topological polar surface area (TPSA) is 59.6 Å². The van der Waals surface area contributed by atoms with Crippen molar-refractivity contribution in [3.63, 3.8) is 0 Å². The van der Waals surface area contributed by atoms with Gasteiger partial charge in [0.05, 0.1) is 18.8 Å². The molecule has 1 aliphatic heterocycles. The van der Waals surface area contributed by atoms with Crippen LogP contribution in [0.3, 0.4) is 0 Å². The molecule has 2 N–H and O–H groups in total. The number of carbonyl (C=O) groups is 1. The minimum absolute atomic E-state index is 0.0419. The fraction of sp³-hybridized carbons (Fsp3) is 0.632. The van der Waals surface area contributed by atoms with Gasteiger partial charge in [-0.1, -0.05) is 12.1 Å². The van der Waals surface area contributed by atoms with E-state index in [4.69, 9.17) is 9.47 Å². The molecule has 5 nitrogen and oxygen atoms in total. The third kappa shape index (κ3) is 4.63. The molecule has 0 bridgehead atoms. The van der Waals surface area contributed by atoms with Crippen LogP contribution in [-0.2, 0) is 4.74 Å². The maximum absolute atomic E-state index is 12.3. The number of urea groups is 1. The average Bonchev–Trinajstić information content (AvgIpc) is 3.41. The van der Waals surface area contributed by atoms with E-state index in [-0.39, 0.29) is 18.1 Å². The van der Waals surface area contributed by atoms with Gasteiger partial charge >= 0.3 is 6.03 Å². The third-order valence-electron chi connectivity index (χ3n) is 4.84. The summed E-state index contributed by atoms with van der Waals surface area (Å²) in [5.74, 6) is 1.58. The van der Waals surface area contributed by atoms with Gasteiger partial charge in [-0.15, -0.1) is 0 Å². The Morgan fingerprint density at radius 2 is 2.04 bits per heavy atom. The van der Waals surface area contributed by atoms with E-state index < -0.39 is 0 Å². The van der Waals surface area contributed by atoms with Crippen LogP contribution in [0.4, 0.5) is 4.79 Å². The minimum Gasteiger partial charge on any atom is -0.494 e. The maximum atomic E-state index is 12.3. The first-order valence-electron chi connectivity index (χ1n) is 9.07. The molecule has 2 amide bonds. The molecule has 1 aliphatic carbocycles. The summed E-state index contributed by atoms with van der Waals surface area (Å²) in [6.45, 7) is 5.36. The lowest BCUT2D eigenvalue weighted by atomic mass is 10.0. The summed E-state index contributed by atoms with van der Waals surface area (Å²) in [5.41, 5.74) is 1.07. The molecule has 1 aromatic rings. The van der Waals surface area contributed by atoms with Crippen LogP contribution in [0.5, 0.6) is 5.75 Å². The predicted molar refractivity (Wildman–Crippen MR) is 93.2 cm³/mol. The zero-order valence-corrected chi connectivity index (χ0v) is 14.6. The molecule has 1 aromatic carbocycles. The van der Waals surface area contributed by atoms with Crippen LogP contribution in [0.25, 0.3) is 0 Å². The standard InChI is InChI=1S/C19H28N2O3/c1-3-23-17-8-6-14(7-9-17)13(2)20-19(22)21-16-10-11-24-18(12-16)15-4-5-15/h6-9,13,15-16,18H,3-5,10-12H2,1-2H3,(H2,20,21,22). The number of amides is 2. The van der Waals surface area contributed by atoms with Crippen LogP contribution in [0.15, 0.2) is 24.3 Å². The van der Waals surface area contributed by atoms with Gasteiger partial charge in [-0.25, -0.2) is 4.79 Å². The number of carbonyl (C=O) groups excluding carboxylic acids is 1. The summed E-state index contributed by atoms with van der Waals surface area (Å²) in [4.78, 5) is 12.3. The SMILES string of the molecule is CCOc1ccc(C(C)NC(=O)NC2CCOC(C3CC3)C2)cc1. The molecule has 24 heavy (non-hydrogen) atoms. The Hall–Kier alpha value is -1.75. The van der Waals surface area contributed by atoms with Crippen molar-refractivity contribution in [3.05, 3.63) is 29.8 Å². The average molecular weight is 332 g/mol. The largest absolute Gasteiger partial charge is 0.494 e. The van der Waals surface area contributed by atoms with Gasteiger partial charge in [0, 0.05) is 12.6 Å². The summed E-state index contributed by atoms with van der Waals surface area (Å²) in [5, 5.41) is 6.13. The monoisotopic (exact) mass is 332 g/mol. The van der Waals surface area contributed by atoms with Crippen LogP contribution in [0.1, 0.15) is 51.1 Å². The molecule has 0 spiro atoms. The number of rotatable bonds is 6. The van der Waals surface area contributed by atoms with Crippen molar-refractivity contribution in [2.24, 2.45) is 5.92 Å². The summed E-state index contributed by atoms with van der Waals surface area (Å²) < 4.78 is 11.3. The zero-order valence-electron chi connectivity index (χ0n) is 14.6. The maximum Gasteiger partial charge on any atom is 0.315 e. The van der Waals surface area contributed by atoms with E-state index in [1.54, 1.807) is 0 Å². The zero-order chi connectivity index (χ0) is 16.9. The number of nitrogens with one attached hydrogen (secondary N) is 2. The highest BCUT2D eigenvalue weighted by Gasteiger charge is 2.36. The molecule has 0 aromatic heterocycles. The van der Waals surface area contributed by atoms with E-state index in [1.165, 1.54) is 12.8 Å². The van der Waals surface area contributed by atoms with E-state index in [0.717, 1.165) is 36.7 Å². The highest BCUT2D eigenvalue weighted by Crippen LogP contribution is 2.38. The van der Waals surface area contributed by atoms with E-state index in [9.17, 15) is 4.79 Å². The van der Waals surface area contributed by atoms with Gasteiger partial charge in [0.15, 0.2) is 0 Å². The van der Waals surface area contributed by atoms with E-state index >= 15 is 0 Å². The quantitative estimate of drug-likeness (QED) is 0.839. The molecular weight excluding hydrogens is 304 g/mol. The van der Waals surface area contributed by atoms with Gasteiger partial charge in [0.1, 0.15) is 5.75 Å². The summed E-state index contributed by atoms with van der Waals surface area (Å²) in [7, 11) is 0. The molecule has 2 fully saturated rings. The second kappa shape index (κ2) is 7.88. The van der Waals surface area contributed by atoms with Gasteiger partial charge in [-0.05, 0) is 63.1 Å². The number of benzene rings is 1. The normalized spacial score (nSPS) is 24.9. The fourth-order valence-corrected chi connectivity index (χ4v) is 3.28. The molecule has 1 saturated carbocycles. The Balaban J connectivity index is 1.46. The molecule has 1 saturated heterocycles. The number of ether oxygens (including phenoxy) is 2. The van der Waals surface area contributed by atoms with E-state index in [2.05, 4.69) is 10.6 Å². The van der Waals surface area contributed by atoms with Gasteiger partial charge in [-0.3, -0.25) is 0 Å².